The number of amides is 1. The minimum Gasteiger partial charge on any atom is -0.497 e. The van der Waals surface area contributed by atoms with Gasteiger partial charge in [-0.2, -0.15) is 5.10 Å². The van der Waals surface area contributed by atoms with Crippen LogP contribution in [-0.2, 0) is 0 Å². The summed E-state index contributed by atoms with van der Waals surface area (Å²) in [5.41, 5.74) is 3.71. The first-order valence-corrected chi connectivity index (χ1v) is 6.87. The van der Waals surface area contributed by atoms with Crippen molar-refractivity contribution >= 4 is 12.1 Å². The van der Waals surface area contributed by atoms with Crippen LogP contribution in [-0.4, -0.2) is 33.5 Å². The summed E-state index contributed by atoms with van der Waals surface area (Å²) < 4.78 is 15.3. The highest BCUT2D eigenvalue weighted by Gasteiger charge is 2.08. The molecule has 0 fully saturated rings. The molecule has 0 saturated heterocycles. The Hall–Kier alpha value is -3.02. The summed E-state index contributed by atoms with van der Waals surface area (Å²) in [5, 5.41) is 3.94. The zero-order chi connectivity index (χ0) is 16.7. The van der Waals surface area contributed by atoms with Gasteiger partial charge in [-0.3, -0.25) is 4.79 Å². The fourth-order valence-corrected chi connectivity index (χ4v) is 1.86. The molecule has 0 spiro atoms. The molecule has 1 amide bonds. The number of carbonyl (C=O) groups excluding carboxylic acids is 1. The number of hydrogen-bond acceptors (Lipinski definition) is 5. The Morgan fingerprint density at radius 3 is 2.00 bits per heavy atom. The second-order valence-electron chi connectivity index (χ2n) is 4.57. The lowest BCUT2D eigenvalue weighted by atomic mass is 10.2. The minimum atomic E-state index is -0.355. The minimum absolute atomic E-state index is 0.355. The van der Waals surface area contributed by atoms with Gasteiger partial charge < -0.3 is 14.2 Å². The normalized spacial score (nSPS) is 10.4. The van der Waals surface area contributed by atoms with Crippen LogP contribution >= 0.6 is 0 Å². The highest BCUT2D eigenvalue weighted by Crippen LogP contribution is 2.22. The van der Waals surface area contributed by atoms with Crippen LogP contribution in [0.4, 0.5) is 0 Å². The van der Waals surface area contributed by atoms with Crippen molar-refractivity contribution in [2.75, 3.05) is 21.3 Å². The van der Waals surface area contributed by atoms with E-state index in [1.54, 1.807) is 31.5 Å². The molecule has 0 bridgehead atoms. The molecule has 2 aromatic rings. The van der Waals surface area contributed by atoms with Crippen molar-refractivity contribution in [1.82, 2.24) is 5.43 Å². The van der Waals surface area contributed by atoms with Crippen molar-refractivity contribution in [3.63, 3.8) is 0 Å². The van der Waals surface area contributed by atoms with Gasteiger partial charge in [0.2, 0.25) is 0 Å². The van der Waals surface area contributed by atoms with E-state index in [9.17, 15) is 4.79 Å². The maximum absolute atomic E-state index is 12.1. The standard InChI is InChI=1S/C17H18N2O4/c1-21-14-6-4-12(5-7-14)11-18-19-17(20)13-8-15(22-2)10-16(9-13)23-3/h4-11H,1-3H3,(H,19,20)/b18-11+. The quantitative estimate of drug-likeness (QED) is 0.657. The van der Waals surface area contributed by atoms with E-state index in [0.717, 1.165) is 11.3 Å². The molecule has 0 saturated carbocycles. The number of hydrazone groups is 1. The van der Waals surface area contributed by atoms with Crippen LogP contribution in [0.15, 0.2) is 47.6 Å². The lowest BCUT2D eigenvalue weighted by molar-refractivity contribution is 0.0954. The summed E-state index contributed by atoms with van der Waals surface area (Å²) in [7, 11) is 4.66. The molecule has 0 heterocycles. The van der Waals surface area contributed by atoms with E-state index >= 15 is 0 Å². The summed E-state index contributed by atoms with van der Waals surface area (Å²) >= 11 is 0. The molecular weight excluding hydrogens is 296 g/mol. The summed E-state index contributed by atoms with van der Waals surface area (Å²) in [4.78, 5) is 12.1. The molecule has 6 nitrogen and oxygen atoms in total. The van der Waals surface area contributed by atoms with Crippen molar-refractivity contribution in [3.05, 3.63) is 53.6 Å². The largest absolute Gasteiger partial charge is 0.497 e. The average molecular weight is 314 g/mol. The number of nitrogens with one attached hydrogen (secondary N) is 1. The predicted octanol–water partition coefficient (Wildman–Crippen LogP) is 2.48. The Balaban J connectivity index is 2.05. The van der Waals surface area contributed by atoms with Crippen LogP contribution in [0.5, 0.6) is 17.2 Å². The Bertz CT molecular complexity index is 674. The highest BCUT2D eigenvalue weighted by molar-refractivity contribution is 5.95. The molecular formula is C17H18N2O4. The Morgan fingerprint density at radius 2 is 1.48 bits per heavy atom. The lowest BCUT2D eigenvalue weighted by Gasteiger charge is -2.07. The molecule has 0 unspecified atom stereocenters. The van der Waals surface area contributed by atoms with E-state index in [0.29, 0.717) is 17.1 Å². The number of rotatable bonds is 6. The van der Waals surface area contributed by atoms with Gasteiger partial charge >= 0.3 is 0 Å². The van der Waals surface area contributed by atoms with E-state index in [-0.39, 0.29) is 5.91 Å². The molecule has 0 atom stereocenters. The van der Waals surface area contributed by atoms with Gasteiger partial charge in [-0.25, -0.2) is 5.43 Å². The van der Waals surface area contributed by atoms with E-state index in [1.165, 1.54) is 14.2 Å². The highest BCUT2D eigenvalue weighted by atomic mass is 16.5. The molecule has 0 aliphatic heterocycles. The van der Waals surface area contributed by atoms with Crippen molar-refractivity contribution < 1.29 is 19.0 Å². The maximum atomic E-state index is 12.1. The van der Waals surface area contributed by atoms with Crippen molar-refractivity contribution in [3.8, 4) is 17.2 Å². The smallest absolute Gasteiger partial charge is 0.271 e. The molecule has 1 N–H and O–H groups in total. The van der Waals surface area contributed by atoms with Crippen molar-refractivity contribution in [2.24, 2.45) is 5.10 Å². The maximum Gasteiger partial charge on any atom is 0.271 e. The number of ether oxygens (including phenoxy) is 3. The number of hydrogen-bond donors (Lipinski definition) is 1. The molecule has 0 aliphatic carbocycles. The molecule has 0 aromatic heterocycles. The molecule has 0 radical (unpaired) electrons. The molecule has 2 aromatic carbocycles. The van der Waals surface area contributed by atoms with Crippen LogP contribution < -0.4 is 19.6 Å². The average Bonchev–Trinajstić information content (AvgIpc) is 2.61. The number of methoxy groups -OCH3 is 3. The molecule has 2 rings (SSSR count). The van der Waals surface area contributed by atoms with Crippen LogP contribution in [0.2, 0.25) is 0 Å². The van der Waals surface area contributed by atoms with Crippen molar-refractivity contribution in [2.45, 2.75) is 0 Å². The van der Waals surface area contributed by atoms with Gasteiger partial charge in [0.05, 0.1) is 27.5 Å². The Morgan fingerprint density at radius 1 is 0.913 bits per heavy atom. The Labute approximate surface area is 134 Å². The third kappa shape index (κ3) is 4.47. The third-order valence-corrected chi connectivity index (χ3v) is 3.11. The van der Waals surface area contributed by atoms with E-state index in [1.807, 2.05) is 24.3 Å². The van der Waals surface area contributed by atoms with Crippen LogP contribution in [0.3, 0.4) is 0 Å². The Kier molecular flexibility index (Phi) is 5.57. The molecule has 23 heavy (non-hydrogen) atoms. The van der Waals surface area contributed by atoms with Gasteiger partial charge in [0.1, 0.15) is 17.2 Å². The first-order chi connectivity index (χ1) is 11.2. The fourth-order valence-electron chi connectivity index (χ4n) is 1.86. The zero-order valence-corrected chi connectivity index (χ0v) is 13.2. The van der Waals surface area contributed by atoms with Gasteiger partial charge in [-0.1, -0.05) is 0 Å². The zero-order valence-electron chi connectivity index (χ0n) is 13.2. The monoisotopic (exact) mass is 314 g/mol. The van der Waals surface area contributed by atoms with Crippen LogP contribution in [0, 0.1) is 0 Å². The van der Waals surface area contributed by atoms with E-state index in [2.05, 4.69) is 10.5 Å². The van der Waals surface area contributed by atoms with Gasteiger partial charge in [-0.05, 0) is 42.0 Å². The number of carbonyl (C=O) groups is 1. The lowest BCUT2D eigenvalue weighted by Crippen LogP contribution is -2.17. The summed E-state index contributed by atoms with van der Waals surface area (Å²) in [6.07, 6.45) is 1.55. The number of nitrogens with zero attached hydrogens (tertiary/aromatic N) is 1. The topological polar surface area (TPSA) is 69.2 Å². The van der Waals surface area contributed by atoms with Gasteiger partial charge in [0.25, 0.3) is 5.91 Å². The second kappa shape index (κ2) is 7.84. The first-order valence-electron chi connectivity index (χ1n) is 6.87. The van der Waals surface area contributed by atoms with E-state index < -0.39 is 0 Å². The third-order valence-electron chi connectivity index (χ3n) is 3.11. The molecule has 120 valence electrons. The molecule has 0 aliphatic rings. The predicted molar refractivity (Wildman–Crippen MR) is 87.6 cm³/mol. The number of benzene rings is 2. The van der Waals surface area contributed by atoms with Gasteiger partial charge in [-0.15, -0.1) is 0 Å². The van der Waals surface area contributed by atoms with Gasteiger partial charge in [0, 0.05) is 11.6 Å². The summed E-state index contributed by atoms with van der Waals surface area (Å²) in [5.74, 6) is 1.48. The SMILES string of the molecule is COc1ccc(/C=N/NC(=O)c2cc(OC)cc(OC)c2)cc1. The van der Waals surface area contributed by atoms with E-state index in [4.69, 9.17) is 14.2 Å². The van der Waals surface area contributed by atoms with Crippen molar-refractivity contribution in [1.29, 1.82) is 0 Å². The molecule has 6 heteroatoms. The second-order valence-corrected chi connectivity index (χ2v) is 4.57. The van der Waals surface area contributed by atoms with Gasteiger partial charge in [0.15, 0.2) is 0 Å². The fraction of sp³-hybridized carbons (Fsp3) is 0.176. The first kappa shape index (κ1) is 16.4. The summed E-state index contributed by atoms with van der Waals surface area (Å²) in [6.45, 7) is 0. The van der Waals surface area contributed by atoms with Crippen LogP contribution in [0.25, 0.3) is 0 Å². The summed E-state index contributed by atoms with van der Waals surface area (Å²) in [6, 6.07) is 12.2. The van der Waals surface area contributed by atoms with Crippen LogP contribution in [0.1, 0.15) is 15.9 Å².